The average molecular weight is 643 g/mol. The van der Waals surface area contributed by atoms with Crippen LogP contribution in [-0.2, 0) is 14.2 Å². The topological polar surface area (TPSA) is 133 Å². The zero-order valence-corrected chi connectivity index (χ0v) is 24.4. The molecule has 0 bridgehead atoms. The summed E-state index contributed by atoms with van der Waals surface area (Å²) in [5.41, 5.74) is 0.868. The number of carbonyl (C=O) groups excluding carboxylic acids is 1. The van der Waals surface area contributed by atoms with Crippen LogP contribution in [0.4, 0.5) is 0 Å². The molecule has 0 amide bonds. The van der Waals surface area contributed by atoms with E-state index in [4.69, 9.17) is 28.4 Å². The Balaban J connectivity index is 1.97. The number of thioether (sulfide) groups is 1. The van der Waals surface area contributed by atoms with Crippen molar-refractivity contribution in [1.29, 1.82) is 0 Å². The van der Waals surface area contributed by atoms with Gasteiger partial charge in [0.2, 0.25) is 17.2 Å². The van der Waals surface area contributed by atoms with Gasteiger partial charge in [-0.15, -0.1) is 0 Å². The lowest BCUT2D eigenvalue weighted by atomic mass is 9.99. The van der Waals surface area contributed by atoms with E-state index in [0.29, 0.717) is 15.6 Å². The highest BCUT2D eigenvalue weighted by Gasteiger charge is 2.45. The number of halogens is 1. The van der Waals surface area contributed by atoms with Crippen molar-refractivity contribution in [1.82, 2.24) is 0 Å². The van der Waals surface area contributed by atoms with Gasteiger partial charge < -0.3 is 43.7 Å². The van der Waals surface area contributed by atoms with Crippen LogP contribution in [0, 0.1) is 10.5 Å². The first kappa shape index (κ1) is 29.7. The first-order chi connectivity index (χ1) is 17.0. The fourth-order valence-electron chi connectivity index (χ4n) is 4.63. The van der Waals surface area contributed by atoms with Crippen molar-refractivity contribution in [2.75, 3.05) is 21.3 Å². The molecule has 2 aliphatic heterocycles. The molecule has 3 N–H and O–H groups in total. The Kier molecular flexibility index (Phi) is 10.2. The van der Waals surface area contributed by atoms with Crippen LogP contribution >= 0.6 is 34.4 Å². The molecule has 2 fully saturated rings. The smallest absolute Gasteiger partial charge is 0.229 e. The summed E-state index contributed by atoms with van der Waals surface area (Å²) in [6.45, 7) is 7.14. The lowest BCUT2D eigenvalue weighted by Gasteiger charge is -2.40. The zero-order valence-electron chi connectivity index (χ0n) is 21.4. The molecule has 0 unspecified atom stereocenters. The van der Waals surface area contributed by atoms with Gasteiger partial charge in [0.25, 0.3) is 0 Å². The summed E-state index contributed by atoms with van der Waals surface area (Å²) in [5, 5.41) is 30.8. The number of aliphatic hydroxyl groups is 3. The third-order valence-corrected chi connectivity index (χ3v) is 9.24. The van der Waals surface area contributed by atoms with Crippen molar-refractivity contribution >= 4 is 39.5 Å². The van der Waals surface area contributed by atoms with Gasteiger partial charge in [-0.25, -0.2) is 0 Å². The van der Waals surface area contributed by atoms with Crippen LogP contribution in [0.1, 0.15) is 43.1 Å². The molecule has 9 atom stereocenters. The molecule has 36 heavy (non-hydrogen) atoms. The fraction of sp³-hybridized carbons (Fsp3) is 0.708. The van der Waals surface area contributed by atoms with Gasteiger partial charge in [0.1, 0.15) is 18.3 Å². The lowest BCUT2D eigenvalue weighted by molar-refractivity contribution is -0.273. The summed E-state index contributed by atoms with van der Waals surface area (Å²) in [5.74, 6) is 0.540. The summed E-state index contributed by atoms with van der Waals surface area (Å²) in [4.78, 5) is 13.5. The maximum absolute atomic E-state index is 13.5. The van der Waals surface area contributed by atoms with E-state index in [-0.39, 0.29) is 40.1 Å². The van der Waals surface area contributed by atoms with Gasteiger partial charge in [-0.2, -0.15) is 0 Å². The summed E-state index contributed by atoms with van der Waals surface area (Å²) in [7, 11) is 4.23. The SMILES string of the molecule is COc1c(O[C@@H]2O[C@@H](C)[C@H](O)[C@@H](OC)[C@H]2O)c(I)c(C)c(C(=O)S[C@H]2[C@@H](O)C[C@H](C)O[C@@H]2C)c1OC. The summed E-state index contributed by atoms with van der Waals surface area (Å²) in [6.07, 6.45) is -5.74. The number of aliphatic hydroxyl groups excluding tert-OH is 3. The molecule has 1 aromatic carbocycles. The monoisotopic (exact) mass is 642 g/mol. The van der Waals surface area contributed by atoms with Gasteiger partial charge in [0, 0.05) is 13.5 Å². The molecule has 0 saturated carbocycles. The first-order valence-electron chi connectivity index (χ1n) is 11.7. The maximum atomic E-state index is 13.5. The third kappa shape index (κ3) is 5.75. The molecular weight excluding hydrogens is 607 g/mol. The molecule has 2 aliphatic rings. The predicted molar refractivity (Wildman–Crippen MR) is 141 cm³/mol. The van der Waals surface area contributed by atoms with Gasteiger partial charge in [0.15, 0.2) is 11.5 Å². The second-order valence-electron chi connectivity index (χ2n) is 9.04. The van der Waals surface area contributed by atoms with Crippen molar-refractivity contribution in [3.8, 4) is 17.2 Å². The highest BCUT2D eigenvalue weighted by Crippen LogP contribution is 2.48. The van der Waals surface area contributed by atoms with Gasteiger partial charge in [-0.3, -0.25) is 4.79 Å². The molecule has 3 rings (SSSR count). The Morgan fingerprint density at radius 3 is 2.17 bits per heavy atom. The van der Waals surface area contributed by atoms with Crippen LogP contribution in [0.5, 0.6) is 17.2 Å². The Hall–Kier alpha value is -0.870. The Morgan fingerprint density at radius 1 is 0.972 bits per heavy atom. The lowest BCUT2D eigenvalue weighted by Crippen LogP contribution is -2.59. The van der Waals surface area contributed by atoms with E-state index in [9.17, 15) is 20.1 Å². The fourth-order valence-corrected chi connectivity index (χ4v) is 6.41. The number of ether oxygens (including phenoxy) is 6. The quantitative estimate of drug-likeness (QED) is 0.379. The van der Waals surface area contributed by atoms with Crippen LogP contribution < -0.4 is 14.2 Å². The zero-order chi connectivity index (χ0) is 26.9. The van der Waals surface area contributed by atoms with E-state index in [1.54, 1.807) is 13.8 Å². The van der Waals surface area contributed by atoms with Crippen molar-refractivity contribution in [2.24, 2.45) is 0 Å². The second-order valence-corrected chi connectivity index (χ2v) is 11.3. The van der Waals surface area contributed by atoms with Crippen LogP contribution in [0.25, 0.3) is 0 Å². The molecule has 2 saturated heterocycles. The first-order valence-corrected chi connectivity index (χ1v) is 13.6. The molecule has 0 radical (unpaired) electrons. The molecule has 0 aliphatic carbocycles. The molecular formula is C24H35IO10S. The predicted octanol–water partition coefficient (Wildman–Crippen LogP) is 2.28. The Morgan fingerprint density at radius 2 is 1.61 bits per heavy atom. The number of carbonyl (C=O) groups is 1. The Bertz CT molecular complexity index is 934. The molecule has 1 aromatic rings. The average Bonchev–Trinajstić information content (AvgIpc) is 2.82. The number of hydrogen-bond donors (Lipinski definition) is 3. The van der Waals surface area contributed by atoms with Crippen molar-refractivity contribution < 1.29 is 48.5 Å². The van der Waals surface area contributed by atoms with E-state index in [1.165, 1.54) is 21.3 Å². The van der Waals surface area contributed by atoms with Crippen molar-refractivity contribution in [2.45, 2.75) is 88.4 Å². The normalized spacial score (nSPS) is 34.8. The van der Waals surface area contributed by atoms with Crippen LogP contribution in [-0.4, -0.2) is 96.0 Å². The third-order valence-electron chi connectivity index (χ3n) is 6.55. The van der Waals surface area contributed by atoms with Gasteiger partial charge in [-0.1, -0.05) is 11.8 Å². The van der Waals surface area contributed by atoms with Crippen LogP contribution in [0.15, 0.2) is 0 Å². The van der Waals surface area contributed by atoms with Gasteiger partial charge in [-0.05, 0) is 55.8 Å². The molecule has 12 heteroatoms. The summed E-state index contributed by atoms with van der Waals surface area (Å²) >= 11 is 3.05. The van der Waals surface area contributed by atoms with E-state index in [0.717, 1.165) is 11.8 Å². The minimum Gasteiger partial charge on any atom is -0.492 e. The number of hydrogen-bond acceptors (Lipinski definition) is 11. The number of methoxy groups -OCH3 is 3. The molecule has 204 valence electrons. The van der Waals surface area contributed by atoms with E-state index in [1.807, 2.05) is 36.4 Å². The van der Waals surface area contributed by atoms with Crippen molar-refractivity contribution in [3.63, 3.8) is 0 Å². The number of rotatable bonds is 7. The minimum absolute atomic E-state index is 0.0883. The highest BCUT2D eigenvalue weighted by atomic mass is 127. The summed E-state index contributed by atoms with van der Waals surface area (Å²) in [6, 6.07) is 0. The van der Waals surface area contributed by atoms with Crippen LogP contribution in [0.3, 0.4) is 0 Å². The van der Waals surface area contributed by atoms with Crippen LogP contribution in [0.2, 0.25) is 0 Å². The van der Waals surface area contributed by atoms with Crippen molar-refractivity contribution in [3.05, 3.63) is 14.7 Å². The Labute approximate surface area is 229 Å². The molecule has 0 spiro atoms. The second kappa shape index (κ2) is 12.3. The van der Waals surface area contributed by atoms with E-state index < -0.39 is 42.1 Å². The molecule has 0 aromatic heterocycles. The van der Waals surface area contributed by atoms with Gasteiger partial charge >= 0.3 is 0 Å². The number of benzene rings is 1. The maximum Gasteiger partial charge on any atom is 0.229 e. The van der Waals surface area contributed by atoms with E-state index >= 15 is 0 Å². The largest absolute Gasteiger partial charge is 0.492 e. The molecule has 2 heterocycles. The van der Waals surface area contributed by atoms with E-state index in [2.05, 4.69) is 0 Å². The molecule has 10 nitrogen and oxygen atoms in total. The standard InChI is InChI=1S/C24H35IO10S/c1-9-8-13(26)22(12(4)33-9)36-23(29)14-10(2)15(25)19(21(32-7)18(14)30-5)35-24-17(28)20(31-6)16(27)11(3)34-24/h9,11-13,16-17,20,22,24,26-28H,8H2,1-7H3/t9-,11-,12+,13-,16-,17+,20+,22+,24-/m0/s1. The highest BCUT2D eigenvalue weighted by molar-refractivity contribution is 14.1. The minimum atomic E-state index is -1.29. The summed E-state index contributed by atoms with van der Waals surface area (Å²) < 4.78 is 34.7. The van der Waals surface area contributed by atoms with Gasteiger partial charge in [0.05, 0.1) is 53.0 Å².